The van der Waals surface area contributed by atoms with E-state index in [1.54, 1.807) is 12.1 Å². The molecule has 120 valence electrons. The Balaban J connectivity index is 1.90. The van der Waals surface area contributed by atoms with Crippen LogP contribution in [0.4, 0.5) is 11.4 Å². The van der Waals surface area contributed by atoms with E-state index in [-0.39, 0.29) is 22.8 Å². The van der Waals surface area contributed by atoms with Gasteiger partial charge < -0.3 is 10.1 Å². The number of nitro groups is 1. The molecule has 2 aromatic carbocycles. The van der Waals surface area contributed by atoms with Crippen LogP contribution in [-0.2, 0) is 0 Å². The molecule has 0 aliphatic heterocycles. The van der Waals surface area contributed by atoms with Gasteiger partial charge in [0.25, 0.3) is 11.6 Å². The lowest BCUT2D eigenvalue weighted by molar-refractivity contribution is -0.384. The van der Waals surface area contributed by atoms with Gasteiger partial charge in [0.2, 0.25) is 5.88 Å². The van der Waals surface area contributed by atoms with Gasteiger partial charge in [-0.1, -0.05) is 0 Å². The van der Waals surface area contributed by atoms with Crippen LogP contribution in [0.5, 0.6) is 5.88 Å². The molecule has 0 bridgehead atoms. The molecule has 8 nitrogen and oxygen atoms in total. The number of amides is 1. The van der Waals surface area contributed by atoms with Crippen LogP contribution >= 0.6 is 22.6 Å². The highest BCUT2D eigenvalue weighted by Crippen LogP contribution is 2.36. The first-order valence-electron chi connectivity index (χ1n) is 6.66. The Labute approximate surface area is 148 Å². The Hall–Kier alpha value is -2.82. The smallest absolute Gasteiger partial charge is 0.295 e. The Morgan fingerprint density at radius 1 is 1.21 bits per heavy atom. The molecule has 24 heavy (non-hydrogen) atoms. The van der Waals surface area contributed by atoms with Crippen molar-refractivity contribution in [2.24, 2.45) is 10.2 Å². The fourth-order valence-corrected chi connectivity index (χ4v) is 2.61. The van der Waals surface area contributed by atoms with Gasteiger partial charge in [-0.25, -0.2) is 0 Å². The number of nitrogens with one attached hydrogen (secondary N) is 1. The number of azo groups is 1. The number of hydrogen-bond donors (Lipinski definition) is 2. The predicted octanol–water partition coefficient (Wildman–Crippen LogP) is 4.31. The lowest BCUT2D eigenvalue weighted by atomic mass is 10.2. The molecule has 1 heterocycles. The van der Waals surface area contributed by atoms with E-state index < -0.39 is 10.8 Å². The van der Waals surface area contributed by atoms with Crippen LogP contribution in [0.25, 0.3) is 10.9 Å². The van der Waals surface area contributed by atoms with Crippen LogP contribution in [0, 0.1) is 13.7 Å². The average molecular weight is 436 g/mol. The summed E-state index contributed by atoms with van der Waals surface area (Å²) in [5.74, 6) is -0.850. The molecule has 0 aliphatic carbocycles. The molecule has 2 N–H and O–H groups in total. The number of non-ortho nitro benzene ring substituents is 1. The standard InChI is InChI=1S/C15H9IN4O4/c16-9-3-6-12-11(7-9)13(15(22)17-12)18-19-14(21)8-1-4-10(5-2-8)20(23)24/h1-7,17,22H. The predicted molar refractivity (Wildman–Crippen MR) is 94.6 cm³/mol. The second kappa shape index (κ2) is 6.35. The van der Waals surface area contributed by atoms with Crippen molar-refractivity contribution in [3.05, 3.63) is 61.7 Å². The first-order chi connectivity index (χ1) is 11.5. The fourth-order valence-electron chi connectivity index (χ4n) is 2.12. The zero-order valence-electron chi connectivity index (χ0n) is 11.9. The number of H-pyrrole nitrogens is 1. The topological polar surface area (TPSA) is 121 Å². The van der Waals surface area contributed by atoms with Crippen LogP contribution < -0.4 is 0 Å². The lowest BCUT2D eigenvalue weighted by Gasteiger charge is -1.95. The van der Waals surface area contributed by atoms with Crippen molar-refractivity contribution >= 4 is 50.8 Å². The number of carbonyl (C=O) groups excluding carboxylic acids is 1. The van der Waals surface area contributed by atoms with Crippen molar-refractivity contribution in [3.63, 3.8) is 0 Å². The largest absolute Gasteiger partial charge is 0.493 e. The number of aromatic amines is 1. The molecule has 0 unspecified atom stereocenters. The van der Waals surface area contributed by atoms with E-state index >= 15 is 0 Å². The van der Waals surface area contributed by atoms with Crippen LogP contribution in [0.1, 0.15) is 10.4 Å². The summed E-state index contributed by atoms with van der Waals surface area (Å²) in [4.78, 5) is 24.8. The van der Waals surface area contributed by atoms with Crippen molar-refractivity contribution < 1.29 is 14.8 Å². The first-order valence-corrected chi connectivity index (χ1v) is 7.74. The van der Waals surface area contributed by atoms with Crippen molar-refractivity contribution in [1.29, 1.82) is 0 Å². The van der Waals surface area contributed by atoms with Gasteiger partial charge >= 0.3 is 0 Å². The summed E-state index contributed by atoms with van der Waals surface area (Å²) in [6, 6.07) is 10.5. The van der Waals surface area contributed by atoms with Crippen molar-refractivity contribution in [3.8, 4) is 5.88 Å². The third kappa shape index (κ3) is 3.11. The van der Waals surface area contributed by atoms with E-state index in [2.05, 4.69) is 37.8 Å². The average Bonchev–Trinajstić information content (AvgIpc) is 2.87. The number of aromatic hydroxyl groups is 1. The maximum absolute atomic E-state index is 12.0. The molecule has 1 aromatic heterocycles. The van der Waals surface area contributed by atoms with Crippen LogP contribution in [0.3, 0.4) is 0 Å². The SMILES string of the molecule is O=C(N=Nc1c(O)[nH]c2ccc(I)cc12)c1ccc([N+](=O)[O-])cc1. The first kappa shape index (κ1) is 16.1. The number of nitro benzene ring substituents is 1. The number of hydrogen-bond acceptors (Lipinski definition) is 5. The van der Waals surface area contributed by atoms with E-state index in [1.165, 1.54) is 24.3 Å². The van der Waals surface area contributed by atoms with Gasteiger partial charge in [0.15, 0.2) is 5.69 Å². The molecule has 0 radical (unpaired) electrons. The number of carbonyl (C=O) groups is 1. The Morgan fingerprint density at radius 2 is 1.92 bits per heavy atom. The maximum Gasteiger partial charge on any atom is 0.295 e. The number of benzene rings is 2. The van der Waals surface area contributed by atoms with Crippen molar-refractivity contribution in [1.82, 2.24) is 4.98 Å². The van der Waals surface area contributed by atoms with Crippen LogP contribution in [-0.4, -0.2) is 20.9 Å². The zero-order chi connectivity index (χ0) is 17.3. The molecule has 1 amide bonds. The molecule has 0 spiro atoms. The molecular weight excluding hydrogens is 427 g/mol. The van der Waals surface area contributed by atoms with Gasteiger partial charge in [-0.05, 0) is 52.9 Å². The minimum Gasteiger partial charge on any atom is -0.493 e. The number of rotatable bonds is 3. The van der Waals surface area contributed by atoms with E-state index in [4.69, 9.17) is 0 Å². The highest BCUT2D eigenvalue weighted by Gasteiger charge is 2.13. The van der Waals surface area contributed by atoms with Gasteiger partial charge in [0, 0.05) is 26.7 Å². The van der Waals surface area contributed by atoms with E-state index in [1.807, 2.05) is 6.07 Å². The van der Waals surface area contributed by atoms with Crippen LogP contribution in [0.2, 0.25) is 0 Å². The Bertz CT molecular complexity index is 979. The summed E-state index contributed by atoms with van der Waals surface area (Å²) in [7, 11) is 0. The summed E-state index contributed by atoms with van der Waals surface area (Å²) in [5, 5.41) is 28.6. The summed E-state index contributed by atoms with van der Waals surface area (Å²) in [6.07, 6.45) is 0. The quantitative estimate of drug-likeness (QED) is 0.275. The molecule has 3 aromatic rings. The number of fused-ring (bicyclic) bond motifs is 1. The van der Waals surface area contributed by atoms with E-state index in [0.29, 0.717) is 10.9 Å². The third-order valence-corrected chi connectivity index (χ3v) is 3.95. The van der Waals surface area contributed by atoms with Gasteiger partial charge in [-0.3, -0.25) is 14.9 Å². The summed E-state index contributed by atoms with van der Waals surface area (Å²) in [6.45, 7) is 0. The lowest BCUT2D eigenvalue weighted by Crippen LogP contribution is -1.94. The molecule has 3 rings (SSSR count). The summed E-state index contributed by atoms with van der Waals surface area (Å²) < 4.78 is 0.942. The van der Waals surface area contributed by atoms with Gasteiger partial charge in [0.05, 0.1) is 10.4 Å². The Kier molecular flexibility index (Phi) is 4.25. The summed E-state index contributed by atoms with van der Waals surface area (Å²) >= 11 is 2.12. The zero-order valence-corrected chi connectivity index (χ0v) is 14.1. The molecule has 9 heteroatoms. The van der Waals surface area contributed by atoms with E-state index in [9.17, 15) is 20.0 Å². The minimum absolute atomic E-state index is 0.118. The molecule has 0 fully saturated rings. The van der Waals surface area contributed by atoms with Gasteiger partial charge in [0.1, 0.15) is 0 Å². The molecule has 0 saturated carbocycles. The minimum atomic E-state index is -0.663. The van der Waals surface area contributed by atoms with E-state index in [0.717, 1.165) is 3.57 Å². The fraction of sp³-hybridized carbons (Fsp3) is 0. The maximum atomic E-state index is 12.0. The molecule has 0 aliphatic rings. The second-order valence-corrected chi connectivity index (χ2v) is 6.07. The normalized spacial score (nSPS) is 11.2. The second-order valence-electron chi connectivity index (χ2n) is 4.82. The summed E-state index contributed by atoms with van der Waals surface area (Å²) in [5.41, 5.74) is 0.883. The monoisotopic (exact) mass is 436 g/mol. The highest BCUT2D eigenvalue weighted by atomic mass is 127. The molecule has 0 atom stereocenters. The van der Waals surface area contributed by atoms with Crippen molar-refractivity contribution in [2.45, 2.75) is 0 Å². The Morgan fingerprint density at radius 3 is 2.58 bits per heavy atom. The number of aromatic nitrogens is 1. The number of nitrogens with zero attached hydrogens (tertiary/aromatic N) is 3. The molecular formula is C15H9IN4O4. The van der Waals surface area contributed by atoms with Crippen molar-refractivity contribution in [2.75, 3.05) is 0 Å². The van der Waals surface area contributed by atoms with Gasteiger partial charge in [-0.2, -0.15) is 0 Å². The third-order valence-electron chi connectivity index (χ3n) is 3.28. The van der Waals surface area contributed by atoms with Crippen LogP contribution in [0.15, 0.2) is 52.7 Å². The van der Waals surface area contributed by atoms with Gasteiger partial charge in [-0.15, -0.1) is 10.2 Å². The highest BCUT2D eigenvalue weighted by molar-refractivity contribution is 14.1. The molecule has 0 saturated heterocycles. The number of halogens is 1.